The van der Waals surface area contributed by atoms with Crippen LogP contribution in [0.2, 0.25) is 0 Å². The summed E-state index contributed by atoms with van der Waals surface area (Å²) >= 11 is 0. The number of nitrogens with zero attached hydrogens (tertiary/aromatic N) is 1. The van der Waals surface area contributed by atoms with Gasteiger partial charge in [-0.1, -0.05) is 22.9 Å². The average Bonchev–Trinajstić information content (AvgIpc) is 2.10. The molecular formula is C10H12N2O2. The van der Waals surface area contributed by atoms with Crippen LogP contribution in [-0.2, 0) is 4.79 Å². The van der Waals surface area contributed by atoms with Crippen molar-refractivity contribution in [1.82, 2.24) is 0 Å². The smallest absolute Gasteiger partial charge is 0.270 e. The quantitative estimate of drug-likeness (QED) is 0.425. The van der Waals surface area contributed by atoms with Crippen LogP contribution < -0.4 is 5.32 Å². The zero-order valence-electron chi connectivity index (χ0n) is 8.11. The first-order valence-corrected chi connectivity index (χ1v) is 4.19. The van der Waals surface area contributed by atoms with Gasteiger partial charge in [-0.3, -0.25) is 4.79 Å². The van der Waals surface area contributed by atoms with E-state index in [0.29, 0.717) is 0 Å². The predicted molar refractivity (Wildman–Crippen MR) is 54.8 cm³/mol. The molecule has 0 bridgehead atoms. The van der Waals surface area contributed by atoms with E-state index < -0.39 is 5.91 Å². The third kappa shape index (κ3) is 2.58. The van der Waals surface area contributed by atoms with E-state index in [0.717, 1.165) is 23.0 Å². The summed E-state index contributed by atoms with van der Waals surface area (Å²) in [6, 6.07) is 5.68. The summed E-state index contributed by atoms with van der Waals surface area (Å²) in [4.78, 5) is 11.0. The Morgan fingerprint density at radius 1 is 1.50 bits per heavy atom. The summed E-state index contributed by atoms with van der Waals surface area (Å²) in [7, 11) is 0. The fourth-order valence-corrected chi connectivity index (χ4v) is 1.17. The molecule has 0 aliphatic rings. The minimum atomic E-state index is -0.445. The van der Waals surface area contributed by atoms with Gasteiger partial charge in [0.05, 0.1) is 0 Å². The van der Waals surface area contributed by atoms with Crippen LogP contribution in [0, 0.1) is 13.8 Å². The van der Waals surface area contributed by atoms with E-state index in [1.165, 1.54) is 0 Å². The van der Waals surface area contributed by atoms with Crippen molar-refractivity contribution in [2.24, 2.45) is 5.16 Å². The molecule has 0 atom stereocenters. The zero-order valence-corrected chi connectivity index (χ0v) is 8.11. The van der Waals surface area contributed by atoms with Gasteiger partial charge in [0.2, 0.25) is 0 Å². The topological polar surface area (TPSA) is 61.7 Å². The van der Waals surface area contributed by atoms with Gasteiger partial charge in [0.15, 0.2) is 0 Å². The molecule has 2 N–H and O–H groups in total. The van der Waals surface area contributed by atoms with Gasteiger partial charge < -0.3 is 10.5 Å². The number of hydrogen-bond acceptors (Lipinski definition) is 3. The van der Waals surface area contributed by atoms with Crippen LogP contribution in [0.3, 0.4) is 0 Å². The lowest BCUT2D eigenvalue weighted by molar-refractivity contribution is -0.110. The van der Waals surface area contributed by atoms with Crippen molar-refractivity contribution in [2.75, 3.05) is 5.32 Å². The first-order chi connectivity index (χ1) is 6.63. The molecule has 1 aromatic carbocycles. The molecule has 0 saturated heterocycles. The molecule has 0 saturated carbocycles. The molecule has 0 fully saturated rings. The number of anilines is 1. The molecule has 0 radical (unpaired) electrons. The fraction of sp³-hybridized carbons (Fsp3) is 0.200. The van der Waals surface area contributed by atoms with Gasteiger partial charge in [-0.2, -0.15) is 0 Å². The number of carbonyl (C=O) groups is 1. The van der Waals surface area contributed by atoms with Gasteiger partial charge >= 0.3 is 0 Å². The van der Waals surface area contributed by atoms with E-state index in [-0.39, 0.29) is 0 Å². The molecule has 74 valence electrons. The van der Waals surface area contributed by atoms with Crippen molar-refractivity contribution >= 4 is 17.8 Å². The summed E-state index contributed by atoms with van der Waals surface area (Å²) < 4.78 is 0. The lowest BCUT2D eigenvalue weighted by Gasteiger charge is -2.06. The number of hydrogen-bond donors (Lipinski definition) is 2. The normalized spacial score (nSPS) is 10.4. The van der Waals surface area contributed by atoms with E-state index >= 15 is 0 Å². The van der Waals surface area contributed by atoms with Crippen molar-refractivity contribution in [2.45, 2.75) is 13.8 Å². The maximum absolute atomic E-state index is 11.0. The molecule has 0 aliphatic heterocycles. The lowest BCUT2D eigenvalue weighted by Crippen LogP contribution is -2.13. The number of benzene rings is 1. The molecule has 0 heterocycles. The SMILES string of the molecule is Cc1ccc(NC(=O)C=NO)c(C)c1. The van der Waals surface area contributed by atoms with Crippen molar-refractivity contribution < 1.29 is 10.0 Å². The second-order valence-electron chi connectivity index (χ2n) is 3.05. The second-order valence-corrected chi connectivity index (χ2v) is 3.05. The number of rotatable bonds is 2. The van der Waals surface area contributed by atoms with E-state index in [1.807, 2.05) is 32.0 Å². The highest BCUT2D eigenvalue weighted by molar-refractivity contribution is 6.31. The first kappa shape index (κ1) is 10.2. The standard InChI is InChI=1S/C10H12N2O2/c1-7-3-4-9(8(2)5-7)12-10(13)6-11-14/h3-6,14H,1-2H3,(H,12,13). The Balaban J connectivity index is 2.82. The molecular weight excluding hydrogens is 180 g/mol. The highest BCUT2D eigenvalue weighted by Gasteiger charge is 2.01. The molecule has 0 spiro atoms. The molecule has 4 heteroatoms. The Kier molecular flexibility index (Phi) is 3.23. The molecule has 1 aromatic rings. The summed E-state index contributed by atoms with van der Waals surface area (Å²) in [6.07, 6.45) is 0.819. The summed E-state index contributed by atoms with van der Waals surface area (Å²) in [5.74, 6) is -0.445. The zero-order chi connectivity index (χ0) is 10.6. The molecule has 1 amide bonds. The summed E-state index contributed by atoms with van der Waals surface area (Å²) in [5.41, 5.74) is 2.83. The van der Waals surface area contributed by atoms with Crippen LogP contribution in [-0.4, -0.2) is 17.3 Å². The van der Waals surface area contributed by atoms with Crippen molar-refractivity contribution in [1.29, 1.82) is 0 Å². The number of carbonyl (C=O) groups excluding carboxylic acids is 1. The Hall–Kier alpha value is -1.84. The maximum atomic E-state index is 11.0. The second kappa shape index (κ2) is 4.41. The van der Waals surface area contributed by atoms with Gasteiger partial charge in [0.25, 0.3) is 5.91 Å². The van der Waals surface area contributed by atoms with E-state index in [2.05, 4.69) is 10.5 Å². The van der Waals surface area contributed by atoms with Crippen LogP contribution >= 0.6 is 0 Å². The maximum Gasteiger partial charge on any atom is 0.270 e. The molecule has 1 rings (SSSR count). The largest absolute Gasteiger partial charge is 0.411 e. The number of amides is 1. The van der Waals surface area contributed by atoms with Gasteiger partial charge in [-0.05, 0) is 25.5 Å². The Morgan fingerprint density at radius 3 is 2.79 bits per heavy atom. The highest BCUT2D eigenvalue weighted by atomic mass is 16.4. The molecule has 0 aromatic heterocycles. The van der Waals surface area contributed by atoms with E-state index in [4.69, 9.17) is 5.21 Å². The van der Waals surface area contributed by atoms with Gasteiger partial charge in [0.1, 0.15) is 6.21 Å². The van der Waals surface area contributed by atoms with Gasteiger partial charge in [0, 0.05) is 5.69 Å². The highest BCUT2D eigenvalue weighted by Crippen LogP contribution is 2.15. The predicted octanol–water partition coefficient (Wildman–Crippen LogP) is 1.70. The number of nitrogens with one attached hydrogen (secondary N) is 1. The van der Waals surface area contributed by atoms with E-state index in [9.17, 15) is 4.79 Å². The van der Waals surface area contributed by atoms with Crippen LogP contribution in [0.1, 0.15) is 11.1 Å². The van der Waals surface area contributed by atoms with Crippen molar-refractivity contribution in [3.8, 4) is 0 Å². The molecule has 0 unspecified atom stereocenters. The Bertz CT molecular complexity index is 372. The Labute approximate surface area is 82.2 Å². The third-order valence-electron chi connectivity index (χ3n) is 1.81. The number of oxime groups is 1. The van der Waals surface area contributed by atoms with Crippen LogP contribution in [0.15, 0.2) is 23.4 Å². The first-order valence-electron chi connectivity index (χ1n) is 4.19. The molecule has 14 heavy (non-hydrogen) atoms. The van der Waals surface area contributed by atoms with Crippen LogP contribution in [0.5, 0.6) is 0 Å². The van der Waals surface area contributed by atoms with E-state index in [1.54, 1.807) is 0 Å². The summed E-state index contributed by atoms with van der Waals surface area (Å²) in [5, 5.41) is 13.4. The monoisotopic (exact) mass is 192 g/mol. The van der Waals surface area contributed by atoms with Crippen molar-refractivity contribution in [3.63, 3.8) is 0 Å². The molecule has 4 nitrogen and oxygen atoms in total. The van der Waals surface area contributed by atoms with Gasteiger partial charge in [-0.15, -0.1) is 0 Å². The average molecular weight is 192 g/mol. The van der Waals surface area contributed by atoms with Crippen molar-refractivity contribution in [3.05, 3.63) is 29.3 Å². The minimum absolute atomic E-state index is 0.445. The minimum Gasteiger partial charge on any atom is -0.411 e. The number of aryl methyl sites for hydroxylation is 2. The third-order valence-corrected chi connectivity index (χ3v) is 1.81. The fourth-order valence-electron chi connectivity index (χ4n) is 1.17. The lowest BCUT2D eigenvalue weighted by atomic mass is 10.1. The van der Waals surface area contributed by atoms with Crippen LogP contribution in [0.25, 0.3) is 0 Å². The summed E-state index contributed by atoms with van der Waals surface area (Å²) in [6.45, 7) is 3.88. The van der Waals surface area contributed by atoms with Crippen LogP contribution in [0.4, 0.5) is 5.69 Å². The van der Waals surface area contributed by atoms with Gasteiger partial charge in [-0.25, -0.2) is 0 Å². The molecule has 0 aliphatic carbocycles. The Morgan fingerprint density at radius 2 is 2.21 bits per heavy atom.